The highest BCUT2D eigenvalue weighted by molar-refractivity contribution is 5.88. The molecular formula is C8H14O2. The minimum atomic E-state index is -0.311. The summed E-state index contributed by atoms with van der Waals surface area (Å²) < 4.78 is 0. The van der Waals surface area contributed by atoms with Crippen LogP contribution in [-0.4, -0.2) is 17.5 Å². The summed E-state index contributed by atoms with van der Waals surface area (Å²) in [6, 6.07) is 0. The predicted octanol–water partition coefficient (Wildman–Crippen LogP) is 0.984. The van der Waals surface area contributed by atoms with Gasteiger partial charge in [0.25, 0.3) is 0 Å². The Labute approximate surface area is 61.2 Å². The number of Topliss-reactive ketones (excluding diaryl/α,β-unsaturated/α-hetero) is 1. The lowest BCUT2D eigenvalue weighted by atomic mass is 9.93. The second kappa shape index (κ2) is 2.35. The van der Waals surface area contributed by atoms with Crippen LogP contribution in [0.2, 0.25) is 0 Å². The molecule has 58 valence electrons. The highest BCUT2D eigenvalue weighted by Crippen LogP contribution is 2.47. The molecule has 1 aliphatic carbocycles. The Morgan fingerprint density at radius 3 is 2.20 bits per heavy atom. The van der Waals surface area contributed by atoms with Gasteiger partial charge in [0.2, 0.25) is 0 Å². The van der Waals surface area contributed by atoms with E-state index in [2.05, 4.69) is 0 Å². The average Bonchev–Trinajstić information content (AvgIpc) is 2.66. The van der Waals surface area contributed by atoms with E-state index < -0.39 is 0 Å². The van der Waals surface area contributed by atoms with Crippen LogP contribution in [0.1, 0.15) is 26.7 Å². The van der Waals surface area contributed by atoms with Crippen molar-refractivity contribution < 1.29 is 9.90 Å². The van der Waals surface area contributed by atoms with Crippen LogP contribution < -0.4 is 0 Å². The van der Waals surface area contributed by atoms with Gasteiger partial charge in [0, 0.05) is 5.92 Å². The minimum Gasteiger partial charge on any atom is -0.395 e. The average molecular weight is 142 g/mol. The van der Waals surface area contributed by atoms with Gasteiger partial charge in [0.1, 0.15) is 5.78 Å². The Hall–Kier alpha value is -0.370. The molecule has 1 rings (SSSR count). The maximum Gasteiger partial charge on any atom is 0.143 e. The second-order valence-corrected chi connectivity index (χ2v) is 3.46. The Morgan fingerprint density at radius 2 is 2.10 bits per heavy atom. The van der Waals surface area contributed by atoms with Crippen LogP contribution in [0.3, 0.4) is 0 Å². The summed E-state index contributed by atoms with van der Waals surface area (Å²) >= 11 is 0. The van der Waals surface area contributed by atoms with Gasteiger partial charge < -0.3 is 5.11 Å². The van der Waals surface area contributed by atoms with E-state index in [4.69, 9.17) is 5.11 Å². The smallest absolute Gasteiger partial charge is 0.143 e. The third kappa shape index (κ3) is 1.08. The van der Waals surface area contributed by atoms with Gasteiger partial charge in [-0.05, 0) is 12.8 Å². The summed E-state index contributed by atoms with van der Waals surface area (Å²) in [7, 11) is 0. The molecule has 0 spiro atoms. The zero-order valence-corrected chi connectivity index (χ0v) is 6.55. The molecule has 0 aliphatic heterocycles. The summed E-state index contributed by atoms with van der Waals surface area (Å²) in [6.07, 6.45) is 1.78. The molecule has 0 aromatic heterocycles. The third-order valence-corrected chi connectivity index (χ3v) is 2.20. The number of carbonyl (C=O) groups is 1. The fraction of sp³-hybridized carbons (Fsp3) is 0.875. The standard InChI is InChI=1S/C8H14O2/c1-6(2)7(10)8(5-9)3-4-8/h6,9H,3-5H2,1-2H3. The van der Waals surface area contributed by atoms with Gasteiger partial charge in [-0.25, -0.2) is 0 Å². The van der Waals surface area contributed by atoms with Crippen LogP contribution in [-0.2, 0) is 4.79 Å². The van der Waals surface area contributed by atoms with Crippen molar-refractivity contribution in [1.82, 2.24) is 0 Å². The first-order valence-electron chi connectivity index (χ1n) is 3.77. The molecule has 10 heavy (non-hydrogen) atoms. The van der Waals surface area contributed by atoms with E-state index >= 15 is 0 Å². The molecule has 0 radical (unpaired) electrons. The SMILES string of the molecule is CC(C)C(=O)C1(CO)CC1. The molecule has 0 amide bonds. The second-order valence-electron chi connectivity index (χ2n) is 3.46. The highest BCUT2D eigenvalue weighted by Gasteiger charge is 2.49. The maximum atomic E-state index is 11.3. The molecule has 1 N–H and O–H groups in total. The molecule has 0 saturated heterocycles. The van der Waals surface area contributed by atoms with E-state index in [0.29, 0.717) is 0 Å². The Balaban J connectivity index is 2.56. The number of aliphatic hydroxyl groups is 1. The molecule has 0 atom stereocenters. The van der Waals surface area contributed by atoms with Gasteiger partial charge in [-0.3, -0.25) is 4.79 Å². The predicted molar refractivity (Wildman–Crippen MR) is 38.6 cm³/mol. The third-order valence-electron chi connectivity index (χ3n) is 2.20. The molecule has 2 nitrogen and oxygen atoms in total. The lowest BCUT2D eigenvalue weighted by molar-refractivity contribution is -0.128. The fourth-order valence-corrected chi connectivity index (χ4v) is 1.25. The van der Waals surface area contributed by atoms with Gasteiger partial charge >= 0.3 is 0 Å². The minimum absolute atomic E-state index is 0.0456. The normalized spacial score (nSPS) is 21.2. The zero-order chi connectivity index (χ0) is 7.78. The van der Waals surface area contributed by atoms with Crippen molar-refractivity contribution in [1.29, 1.82) is 0 Å². The lowest BCUT2D eigenvalue weighted by Crippen LogP contribution is -2.24. The summed E-state index contributed by atoms with van der Waals surface area (Å²) in [5.41, 5.74) is -0.311. The van der Waals surface area contributed by atoms with Crippen molar-refractivity contribution in [3.63, 3.8) is 0 Å². The van der Waals surface area contributed by atoms with Gasteiger partial charge in [-0.15, -0.1) is 0 Å². The first-order valence-corrected chi connectivity index (χ1v) is 3.77. The van der Waals surface area contributed by atoms with Gasteiger partial charge in [0.05, 0.1) is 12.0 Å². The van der Waals surface area contributed by atoms with Crippen LogP contribution in [0.5, 0.6) is 0 Å². The van der Waals surface area contributed by atoms with E-state index in [1.807, 2.05) is 13.8 Å². The largest absolute Gasteiger partial charge is 0.395 e. The van der Waals surface area contributed by atoms with Gasteiger partial charge in [0.15, 0.2) is 0 Å². The monoisotopic (exact) mass is 142 g/mol. The summed E-state index contributed by atoms with van der Waals surface area (Å²) in [5, 5.41) is 8.86. The Bertz CT molecular complexity index is 145. The van der Waals surface area contributed by atoms with E-state index in [-0.39, 0.29) is 23.7 Å². The number of rotatable bonds is 3. The molecule has 1 aliphatic rings. The quantitative estimate of drug-likeness (QED) is 0.638. The van der Waals surface area contributed by atoms with E-state index in [0.717, 1.165) is 12.8 Å². The lowest BCUT2D eigenvalue weighted by Gasteiger charge is -2.12. The first-order chi connectivity index (χ1) is 4.62. The van der Waals surface area contributed by atoms with E-state index in [1.54, 1.807) is 0 Å². The fourth-order valence-electron chi connectivity index (χ4n) is 1.25. The molecule has 1 saturated carbocycles. The van der Waals surface area contributed by atoms with Gasteiger partial charge in [-0.2, -0.15) is 0 Å². The van der Waals surface area contributed by atoms with Crippen molar-refractivity contribution in [3.8, 4) is 0 Å². The first kappa shape index (κ1) is 7.73. The van der Waals surface area contributed by atoms with Crippen molar-refractivity contribution >= 4 is 5.78 Å². The highest BCUT2D eigenvalue weighted by atomic mass is 16.3. The van der Waals surface area contributed by atoms with Crippen molar-refractivity contribution in [2.45, 2.75) is 26.7 Å². The van der Waals surface area contributed by atoms with Crippen molar-refractivity contribution in [2.24, 2.45) is 11.3 Å². The molecule has 0 aromatic rings. The number of aliphatic hydroxyl groups excluding tert-OH is 1. The van der Waals surface area contributed by atoms with Crippen LogP contribution in [0.4, 0.5) is 0 Å². The van der Waals surface area contributed by atoms with Crippen LogP contribution in [0.15, 0.2) is 0 Å². The number of hydrogen-bond donors (Lipinski definition) is 1. The topological polar surface area (TPSA) is 37.3 Å². The number of ketones is 1. The van der Waals surface area contributed by atoms with Crippen LogP contribution >= 0.6 is 0 Å². The zero-order valence-electron chi connectivity index (χ0n) is 6.55. The molecule has 1 fully saturated rings. The molecule has 0 aromatic carbocycles. The van der Waals surface area contributed by atoms with E-state index in [9.17, 15) is 4.79 Å². The molecular weight excluding hydrogens is 128 g/mol. The van der Waals surface area contributed by atoms with Crippen LogP contribution in [0.25, 0.3) is 0 Å². The van der Waals surface area contributed by atoms with Gasteiger partial charge in [-0.1, -0.05) is 13.8 Å². The van der Waals surface area contributed by atoms with Crippen LogP contribution in [0, 0.1) is 11.3 Å². The van der Waals surface area contributed by atoms with Crippen molar-refractivity contribution in [2.75, 3.05) is 6.61 Å². The summed E-state index contributed by atoms with van der Waals surface area (Å²) in [6.45, 7) is 3.82. The molecule has 0 heterocycles. The van der Waals surface area contributed by atoms with E-state index in [1.165, 1.54) is 0 Å². The molecule has 0 unspecified atom stereocenters. The maximum absolute atomic E-state index is 11.3. The number of hydrogen-bond acceptors (Lipinski definition) is 2. The van der Waals surface area contributed by atoms with Crippen molar-refractivity contribution in [3.05, 3.63) is 0 Å². The molecule has 2 heteroatoms. The summed E-state index contributed by atoms with van der Waals surface area (Å²) in [5.74, 6) is 0.310. The Kier molecular flexibility index (Phi) is 1.82. The molecule has 0 bridgehead atoms. The number of carbonyl (C=O) groups excluding carboxylic acids is 1. The Morgan fingerprint density at radius 1 is 1.60 bits per heavy atom. The summed E-state index contributed by atoms with van der Waals surface area (Å²) in [4.78, 5) is 11.3.